The smallest absolute Gasteiger partial charge is 0.387 e. The molecule has 2 heterocycles. The number of nitrogens with zero attached hydrogens (tertiary/aromatic N) is 2. The first kappa shape index (κ1) is 25.6. The van der Waals surface area contributed by atoms with Gasteiger partial charge in [0.25, 0.3) is 0 Å². The van der Waals surface area contributed by atoms with E-state index in [1.165, 1.54) is 24.3 Å². The lowest BCUT2D eigenvalue weighted by Crippen LogP contribution is -2.49. The summed E-state index contributed by atoms with van der Waals surface area (Å²) in [5.74, 6) is -0.502. The number of carbonyl (C=O) groups excluding carboxylic acids is 1. The molecule has 7 nitrogen and oxygen atoms in total. The van der Waals surface area contributed by atoms with Gasteiger partial charge in [-0.25, -0.2) is 9.07 Å². The molecular weight excluding hydrogens is 507 g/mol. The fourth-order valence-corrected chi connectivity index (χ4v) is 7.38. The highest BCUT2D eigenvalue weighted by atomic mass is 32.3. The minimum atomic E-state index is -2.95. The number of ether oxygens (including phenoxy) is 1. The van der Waals surface area contributed by atoms with Gasteiger partial charge in [-0.2, -0.15) is 24.5 Å². The number of hydrogen-bond acceptors (Lipinski definition) is 5. The van der Waals surface area contributed by atoms with Crippen molar-refractivity contribution in [2.75, 3.05) is 11.5 Å². The highest BCUT2D eigenvalue weighted by molar-refractivity contribution is 8.24. The van der Waals surface area contributed by atoms with Gasteiger partial charge in [-0.05, 0) is 62.6 Å². The normalized spacial score (nSPS) is 23.5. The van der Waals surface area contributed by atoms with Gasteiger partial charge in [0.1, 0.15) is 11.6 Å². The molecule has 0 saturated carbocycles. The van der Waals surface area contributed by atoms with E-state index in [-0.39, 0.29) is 29.1 Å². The lowest BCUT2D eigenvalue weighted by Gasteiger charge is -2.32. The van der Waals surface area contributed by atoms with Gasteiger partial charge in [-0.15, -0.1) is 0 Å². The SMILES string of the molecule is CC1(NC(=O)C2CCc3c(-c4cccc(OC(F)F)c4)nn(-c4ccc(F)cc4)c3C2)CCS(O)(O)C1. The van der Waals surface area contributed by atoms with E-state index < -0.39 is 28.6 Å². The number of carbonyl (C=O) groups is 1. The molecule has 3 aromatic rings. The maximum atomic E-state index is 13.6. The second-order valence-electron chi connectivity index (χ2n) is 9.96. The van der Waals surface area contributed by atoms with Crippen LogP contribution in [0.1, 0.15) is 31.0 Å². The van der Waals surface area contributed by atoms with Crippen LogP contribution < -0.4 is 10.1 Å². The first-order valence-corrected chi connectivity index (χ1v) is 13.9. The molecule has 2 unspecified atom stereocenters. The Bertz CT molecular complexity index is 1310. The molecule has 198 valence electrons. The zero-order valence-electron chi connectivity index (χ0n) is 20.2. The minimum Gasteiger partial charge on any atom is -0.435 e. The zero-order valence-corrected chi connectivity index (χ0v) is 21.0. The topological polar surface area (TPSA) is 96.6 Å². The van der Waals surface area contributed by atoms with E-state index in [4.69, 9.17) is 5.10 Å². The van der Waals surface area contributed by atoms with Crippen LogP contribution >= 0.6 is 10.6 Å². The molecule has 1 aliphatic heterocycles. The standard InChI is InChI=1S/C26H28F3N3O4S/c1-26(11-12-37(34,35)15-26)30-24(33)17-5-10-21-22(14-17)32(19-8-6-18(27)7-9-19)31-23(21)16-3-2-4-20(13-16)36-25(28)29/h2-4,6-9,13,17,25,34-35H,5,10-12,14-15H2,1H3,(H,30,33). The van der Waals surface area contributed by atoms with Crippen LogP contribution in [0.15, 0.2) is 48.5 Å². The minimum absolute atomic E-state index is 0.0152. The van der Waals surface area contributed by atoms with Crippen molar-refractivity contribution in [2.45, 2.75) is 44.8 Å². The number of fused-ring (bicyclic) bond motifs is 1. The van der Waals surface area contributed by atoms with E-state index in [9.17, 15) is 27.1 Å². The molecule has 2 aromatic carbocycles. The monoisotopic (exact) mass is 535 g/mol. The Morgan fingerprint density at radius 1 is 1.24 bits per heavy atom. The van der Waals surface area contributed by atoms with Crippen LogP contribution in [0.4, 0.5) is 13.2 Å². The summed E-state index contributed by atoms with van der Waals surface area (Å²) >= 11 is 0. The number of rotatable bonds is 6. The molecule has 1 saturated heterocycles. The van der Waals surface area contributed by atoms with E-state index in [1.807, 2.05) is 6.92 Å². The van der Waals surface area contributed by atoms with Gasteiger partial charge in [-0.1, -0.05) is 12.1 Å². The lowest BCUT2D eigenvalue weighted by molar-refractivity contribution is -0.126. The zero-order chi connectivity index (χ0) is 26.4. The molecule has 2 atom stereocenters. The molecule has 5 rings (SSSR count). The number of aromatic nitrogens is 2. The van der Waals surface area contributed by atoms with Gasteiger partial charge < -0.3 is 10.1 Å². The molecular formula is C26H28F3N3O4S. The highest BCUT2D eigenvalue weighted by Crippen LogP contribution is 2.50. The third-order valence-electron chi connectivity index (χ3n) is 7.00. The van der Waals surface area contributed by atoms with E-state index in [1.54, 1.807) is 28.9 Å². The van der Waals surface area contributed by atoms with Crippen LogP contribution in [0.3, 0.4) is 0 Å². The molecule has 1 aromatic heterocycles. The van der Waals surface area contributed by atoms with Gasteiger partial charge >= 0.3 is 6.61 Å². The Hall–Kier alpha value is -3.02. The van der Waals surface area contributed by atoms with E-state index in [0.29, 0.717) is 42.6 Å². The van der Waals surface area contributed by atoms with Gasteiger partial charge in [0, 0.05) is 34.9 Å². The van der Waals surface area contributed by atoms with Crippen molar-refractivity contribution in [3.8, 4) is 22.7 Å². The summed E-state index contributed by atoms with van der Waals surface area (Å²) in [7, 11) is -2.68. The van der Waals surface area contributed by atoms with Crippen molar-refractivity contribution in [1.82, 2.24) is 15.1 Å². The molecule has 0 spiro atoms. The Balaban J connectivity index is 1.48. The molecule has 3 N–H and O–H groups in total. The molecule has 1 amide bonds. The third-order valence-corrected chi connectivity index (χ3v) is 8.96. The molecule has 11 heteroatoms. The van der Waals surface area contributed by atoms with Crippen LogP contribution in [-0.4, -0.2) is 48.4 Å². The highest BCUT2D eigenvalue weighted by Gasteiger charge is 2.41. The van der Waals surface area contributed by atoms with Crippen molar-refractivity contribution >= 4 is 16.5 Å². The largest absolute Gasteiger partial charge is 0.435 e. The van der Waals surface area contributed by atoms with Gasteiger partial charge in [-0.3, -0.25) is 13.9 Å². The number of alkyl halides is 2. The number of amides is 1. The molecule has 37 heavy (non-hydrogen) atoms. The van der Waals surface area contributed by atoms with Crippen LogP contribution in [0.25, 0.3) is 16.9 Å². The third kappa shape index (κ3) is 5.48. The van der Waals surface area contributed by atoms with Gasteiger partial charge in [0.15, 0.2) is 0 Å². The van der Waals surface area contributed by atoms with E-state index in [2.05, 4.69) is 10.1 Å². The first-order valence-electron chi connectivity index (χ1n) is 12.0. The van der Waals surface area contributed by atoms with Crippen LogP contribution in [-0.2, 0) is 17.6 Å². The average Bonchev–Trinajstić information content (AvgIpc) is 3.35. The summed E-state index contributed by atoms with van der Waals surface area (Å²) in [6.07, 6.45) is 1.93. The van der Waals surface area contributed by atoms with E-state index in [0.717, 1.165) is 11.3 Å². The predicted octanol–water partition coefficient (Wildman–Crippen LogP) is 5.41. The van der Waals surface area contributed by atoms with Gasteiger partial charge in [0.05, 0.1) is 22.7 Å². The van der Waals surface area contributed by atoms with Crippen LogP contribution in [0, 0.1) is 11.7 Å². The quantitative estimate of drug-likeness (QED) is 0.392. The van der Waals surface area contributed by atoms with E-state index >= 15 is 0 Å². The molecule has 0 bridgehead atoms. The summed E-state index contributed by atoms with van der Waals surface area (Å²) in [5.41, 5.74) is 2.81. The molecule has 2 aliphatic rings. The first-order chi connectivity index (χ1) is 17.5. The Morgan fingerprint density at radius 3 is 2.68 bits per heavy atom. The fourth-order valence-electron chi connectivity index (χ4n) is 5.22. The maximum Gasteiger partial charge on any atom is 0.387 e. The maximum absolute atomic E-state index is 13.6. The Kier molecular flexibility index (Phi) is 6.71. The summed E-state index contributed by atoms with van der Waals surface area (Å²) in [6, 6.07) is 12.2. The second kappa shape index (κ2) is 9.70. The predicted molar refractivity (Wildman–Crippen MR) is 135 cm³/mol. The summed E-state index contributed by atoms with van der Waals surface area (Å²) in [4.78, 5) is 13.3. The van der Waals surface area contributed by atoms with Crippen molar-refractivity contribution < 1.29 is 31.8 Å². The Labute approximate surface area is 214 Å². The number of nitrogens with one attached hydrogen (secondary N) is 1. The molecule has 1 fully saturated rings. The van der Waals surface area contributed by atoms with Gasteiger partial charge in [0.2, 0.25) is 5.91 Å². The average molecular weight is 536 g/mol. The van der Waals surface area contributed by atoms with Crippen molar-refractivity contribution in [2.24, 2.45) is 5.92 Å². The van der Waals surface area contributed by atoms with Crippen molar-refractivity contribution in [3.63, 3.8) is 0 Å². The second-order valence-corrected chi connectivity index (χ2v) is 12.3. The lowest BCUT2D eigenvalue weighted by atomic mass is 9.84. The number of benzene rings is 2. The fraction of sp³-hybridized carbons (Fsp3) is 0.385. The van der Waals surface area contributed by atoms with Crippen LogP contribution in [0.2, 0.25) is 0 Å². The summed E-state index contributed by atoms with van der Waals surface area (Å²) in [5, 5.41) is 7.81. The summed E-state index contributed by atoms with van der Waals surface area (Å²) in [6.45, 7) is -1.12. The Morgan fingerprint density at radius 2 is 2.00 bits per heavy atom. The van der Waals surface area contributed by atoms with Crippen molar-refractivity contribution in [1.29, 1.82) is 0 Å². The molecule has 1 aliphatic carbocycles. The number of hydrogen-bond donors (Lipinski definition) is 3. The molecule has 0 radical (unpaired) electrons. The number of halogens is 3. The summed E-state index contributed by atoms with van der Waals surface area (Å²) < 4.78 is 65.5. The van der Waals surface area contributed by atoms with Crippen LogP contribution in [0.5, 0.6) is 5.75 Å². The van der Waals surface area contributed by atoms with Crippen molar-refractivity contribution in [3.05, 3.63) is 65.6 Å².